The maximum atomic E-state index is 13.1. The average Bonchev–Trinajstić information content (AvgIpc) is 3.31. The van der Waals surface area contributed by atoms with Crippen molar-refractivity contribution in [2.75, 3.05) is 32.7 Å². The van der Waals surface area contributed by atoms with Gasteiger partial charge in [-0.25, -0.2) is 8.42 Å². The number of sulfonamides is 1. The molecular formula is C24H33N3O3S. The number of benzene rings is 1. The Labute approximate surface area is 185 Å². The summed E-state index contributed by atoms with van der Waals surface area (Å²) in [6, 6.07) is 7.87. The molecule has 1 aliphatic heterocycles. The molecule has 0 atom stereocenters. The number of hydrogen-bond donors (Lipinski definition) is 0. The summed E-state index contributed by atoms with van der Waals surface area (Å²) in [5, 5.41) is 0. The predicted octanol–water partition coefficient (Wildman–Crippen LogP) is 3.36. The molecular weight excluding hydrogens is 410 g/mol. The van der Waals surface area contributed by atoms with Gasteiger partial charge in [-0.3, -0.25) is 9.69 Å². The number of hydrogen-bond acceptors (Lipinski definition) is 4. The topological polar surface area (TPSA) is 62.6 Å². The lowest BCUT2D eigenvalue weighted by Crippen LogP contribution is -2.49. The van der Waals surface area contributed by atoms with Crippen LogP contribution in [0.5, 0.6) is 0 Å². The van der Waals surface area contributed by atoms with Gasteiger partial charge in [0, 0.05) is 49.2 Å². The monoisotopic (exact) mass is 443 g/mol. The number of rotatable bonds is 6. The van der Waals surface area contributed by atoms with Gasteiger partial charge in [0.1, 0.15) is 0 Å². The number of Topliss-reactive ketones (excluding diaryl/α,β-unsaturated/α-hetero) is 1. The molecule has 31 heavy (non-hydrogen) atoms. The van der Waals surface area contributed by atoms with Crippen LogP contribution in [0, 0.1) is 13.8 Å². The summed E-state index contributed by atoms with van der Waals surface area (Å²) in [4.78, 5) is 15.4. The van der Waals surface area contributed by atoms with Crippen molar-refractivity contribution in [3.8, 4) is 0 Å². The standard InChI is InChI=1S/C24H33N3O3S/c1-17(2)27-18(3)14-23(19(27)4)24(28)16-25-10-12-26(13-11-25)31(29,30)22-9-8-20-6-5-7-21(20)15-22/h8-9,14-15,17H,5-7,10-13,16H2,1-4H3. The largest absolute Gasteiger partial charge is 0.346 e. The summed E-state index contributed by atoms with van der Waals surface area (Å²) in [5.41, 5.74) is 5.33. The zero-order chi connectivity index (χ0) is 22.3. The van der Waals surface area contributed by atoms with E-state index in [4.69, 9.17) is 0 Å². The quantitative estimate of drug-likeness (QED) is 0.643. The van der Waals surface area contributed by atoms with Crippen LogP contribution >= 0.6 is 0 Å². The maximum Gasteiger partial charge on any atom is 0.243 e. The number of ketones is 1. The lowest BCUT2D eigenvalue weighted by molar-refractivity contribution is 0.0901. The lowest BCUT2D eigenvalue weighted by Gasteiger charge is -2.33. The zero-order valence-corrected chi connectivity index (χ0v) is 19.8. The number of fused-ring (bicyclic) bond motifs is 1. The fourth-order valence-electron chi connectivity index (χ4n) is 5.13. The SMILES string of the molecule is Cc1cc(C(=O)CN2CCN(S(=O)(=O)c3ccc4c(c3)CCC4)CC2)c(C)n1C(C)C. The molecule has 0 bridgehead atoms. The molecule has 1 aromatic carbocycles. The van der Waals surface area contributed by atoms with E-state index in [1.807, 2.05) is 32.0 Å². The molecule has 0 N–H and O–H groups in total. The third-order valence-electron chi connectivity index (χ3n) is 6.71. The molecule has 1 aromatic heterocycles. The number of carbonyl (C=O) groups excluding carboxylic acids is 1. The van der Waals surface area contributed by atoms with E-state index in [-0.39, 0.29) is 5.78 Å². The number of aromatic nitrogens is 1. The van der Waals surface area contributed by atoms with Crippen LogP contribution in [-0.4, -0.2) is 60.7 Å². The van der Waals surface area contributed by atoms with Crippen LogP contribution < -0.4 is 0 Å². The summed E-state index contributed by atoms with van der Waals surface area (Å²) >= 11 is 0. The van der Waals surface area contributed by atoms with Crippen molar-refractivity contribution < 1.29 is 13.2 Å². The molecule has 0 amide bonds. The van der Waals surface area contributed by atoms with E-state index in [0.29, 0.717) is 43.7 Å². The molecule has 2 heterocycles. The minimum absolute atomic E-state index is 0.106. The Bertz CT molecular complexity index is 1090. The fraction of sp³-hybridized carbons (Fsp3) is 0.542. The van der Waals surface area contributed by atoms with Gasteiger partial charge < -0.3 is 4.57 Å². The first kappa shape index (κ1) is 22.2. The highest BCUT2D eigenvalue weighted by Crippen LogP contribution is 2.27. The van der Waals surface area contributed by atoms with Crippen LogP contribution in [0.1, 0.15) is 59.2 Å². The van der Waals surface area contributed by atoms with Crippen molar-refractivity contribution in [1.29, 1.82) is 0 Å². The van der Waals surface area contributed by atoms with Crippen molar-refractivity contribution in [3.63, 3.8) is 0 Å². The van der Waals surface area contributed by atoms with E-state index < -0.39 is 10.0 Å². The second-order valence-corrected chi connectivity index (χ2v) is 11.1. The molecule has 1 saturated heterocycles. The molecule has 2 aliphatic rings. The molecule has 1 aliphatic carbocycles. The van der Waals surface area contributed by atoms with Gasteiger partial charge in [0.2, 0.25) is 10.0 Å². The second-order valence-electron chi connectivity index (χ2n) is 9.14. The van der Waals surface area contributed by atoms with Crippen LogP contribution in [0.4, 0.5) is 0 Å². The Morgan fingerprint density at radius 3 is 2.32 bits per heavy atom. The van der Waals surface area contributed by atoms with Gasteiger partial charge in [-0.1, -0.05) is 6.07 Å². The molecule has 2 aromatic rings. The van der Waals surface area contributed by atoms with Gasteiger partial charge in [-0.05, 0) is 76.3 Å². The Morgan fingerprint density at radius 1 is 1.00 bits per heavy atom. The van der Waals surface area contributed by atoms with Crippen molar-refractivity contribution in [2.24, 2.45) is 0 Å². The Kier molecular flexibility index (Phi) is 6.12. The highest BCUT2D eigenvalue weighted by Gasteiger charge is 2.30. The first-order valence-electron chi connectivity index (χ1n) is 11.2. The molecule has 0 spiro atoms. The number of carbonyl (C=O) groups is 1. The summed E-state index contributed by atoms with van der Waals surface area (Å²) in [6.45, 7) is 10.6. The molecule has 1 fully saturated rings. The van der Waals surface area contributed by atoms with Gasteiger partial charge in [-0.15, -0.1) is 0 Å². The van der Waals surface area contributed by atoms with Gasteiger partial charge in [0.05, 0.1) is 11.4 Å². The molecule has 0 saturated carbocycles. The highest BCUT2D eigenvalue weighted by molar-refractivity contribution is 7.89. The fourth-order valence-corrected chi connectivity index (χ4v) is 6.60. The van der Waals surface area contributed by atoms with Crippen molar-refractivity contribution in [1.82, 2.24) is 13.8 Å². The predicted molar refractivity (Wildman–Crippen MR) is 122 cm³/mol. The van der Waals surface area contributed by atoms with Crippen LogP contribution in [0.2, 0.25) is 0 Å². The first-order chi connectivity index (χ1) is 14.7. The highest BCUT2D eigenvalue weighted by atomic mass is 32.2. The van der Waals surface area contributed by atoms with Crippen LogP contribution in [0.15, 0.2) is 29.2 Å². The smallest absolute Gasteiger partial charge is 0.243 e. The molecule has 6 nitrogen and oxygen atoms in total. The minimum Gasteiger partial charge on any atom is -0.346 e. The van der Waals surface area contributed by atoms with Crippen molar-refractivity contribution in [2.45, 2.75) is 57.9 Å². The second kappa shape index (κ2) is 8.52. The summed E-state index contributed by atoms with van der Waals surface area (Å²) < 4.78 is 30.0. The van der Waals surface area contributed by atoms with E-state index in [1.165, 1.54) is 11.1 Å². The van der Waals surface area contributed by atoms with Crippen LogP contribution in [0.25, 0.3) is 0 Å². The van der Waals surface area contributed by atoms with Gasteiger partial charge in [-0.2, -0.15) is 4.31 Å². The van der Waals surface area contributed by atoms with E-state index in [1.54, 1.807) is 10.4 Å². The van der Waals surface area contributed by atoms with Crippen molar-refractivity contribution >= 4 is 15.8 Å². The van der Waals surface area contributed by atoms with Crippen LogP contribution in [-0.2, 0) is 22.9 Å². The molecule has 0 unspecified atom stereocenters. The van der Waals surface area contributed by atoms with Gasteiger partial charge in [0.15, 0.2) is 5.78 Å². The summed E-state index contributed by atoms with van der Waals surface area (Å²) in [7, 11) is -3.49. The number of nitrogens with zero attached hydrogens (tertiary/aromatic N) is 3. The third-order valence-corrected chi connectivity index (χ3v) is 8.60. The number of piperazine rings is 1. The molecule has 4 rings (SSSR count). The van der Waals surface area contributed by atoms with Crippen molar-refractivity contribution in [3.05, 3.63) is 52.3 Å². The van der Waals surface area contributed by atoms with E-state index in [9.17, 15) is 13.2 Å². The summed E-state index contributed by atoms with van der Waals surface area (Å²) in [6.07, 6.45) is 3.11. The lowest BCUT2D eigenvalue weighted by atomic mass is 10.1. The third kappa shape index (κ3) is 4.23. The minimum atomic E-state index is -3.49. The van der Waals surface area contributed by atoms with E-state index in [2.05, 4.69) is 23.3 Å². The van der Waals surface area contributed by atoms with E-state index in [0.717, 1.165) is 36.2 Å². The molecule has 168 valence electrons. The van der Waals surface area contributed by atoms with E-state index >= 15 is 0 Å². The molecule has 7 heteroatoms. The van der Waals surface area contributed by atoms with Gasteiger partial charge >= 0.3 is 0 Å². The van der Waals surface area contributed by atoms with Gasteiger partial charge in [0.25, 0.3) is 0 Å². The Balaban J connectivity index is 1.40. The average molecular weight is 444 g/mol. The summed E-state index contributed by atoms with van der Waals surface area (Å²) in [5.74, 6) is 0.106. The zero-order valence-electron chi connectivity index (χ0n) is 19.0. The first-order valence-corrected chi connectivity index (χ1v) is 12.7. The number of aryl methyl sites for hydroxylation is 3. The Morgan fingerprint density at radius 2 is 1.68 bits per heavy atom. The molecule has 0 radical (unpaired) electrons. The normalized spacial score (nSPS) is 18.0. The maximum absolute atomic E-state index is 13.1. The van der Waals surface area contributed by atoms with Crippen LogP contribution in [0.3, 0.4) is 0 Å². The Hall–Kier alpha value is -1.96.